The van der Waals surface area contributed by atoms with Crippen LogP contribution in [0.25, 0.3) is 10.9 Å². The lowest BCUT2D eigenvalue weighted by molar-refractivity contribution is 0.0908. The van der Waals surface area contributed by atoms with Gasteiger partial charge in [0.05, 0.1) is 23.8 Å². The Hall–Kier alpha value is -3.67. The van der Waals surface area contributed by atoms with Crippen molar-refractivity contribution in [2.24, 2.45) is 0 Å². The molecular formula is C24H23N3O3. The molecule has 0 saturated heterocycles. The van der Waals surface area contributed by atoms with Gasteiger partial charge in [-0.25, -0.2) is 4.98 Å². The molecule has 6 heteroatoms. The fraction of sp³-hybridized carbons (Fsp3) is 0.208. The monoisotopic (exact) mass is 401 g/mol. The zero-order chi connectivity index (χ0) is 20.9. The molecule has 152 valence electrons. The minimum absolute atomic E-state index is 0.0126. The van der Waals surface area contributed by atoms with Crippen LogP contribution in [0.5, 0.6) is 0 Å². The number of nitrogens with one attached hydrogen (secondary N) is 1. The van der Waals surface area contributed by atoms with Crippen molar-refractivity contribution in [3.63, 3.8) is 0 Å². The van der Waals surface area contributed by atoms with Crippen molar-refractivity contribution in [1.29, 1.82) is 0 Å². The fourth-order valence-corrected chi connectivity index (χ4v) is 3.37. The number of carbonyl (C=O) groups excluding carboxylic acids is 1. The number of furan rings is 1. The van der Waals surface area contributed by atoms with Crippen LogP contribution in [0.4, 0.5) is 0 Å². The number of fused-ring (bicyclic) bond motifs is 1. The van der Waals surface area contributed by atoms with Gasteiger partial charge >= 0.3 is 0 Å². The van der Waals surface area contributed by atoms with E-state index in [1.54, 1.807) is 24.3 Å². The molecule has 0 saturated carbocycles. The van der Waals surface area contributed by atoms with Gasteiger partial charge in [0.25, 0.3) is 11.5 Å². The van der Waals surface area contributed by atoms with E-state index in [1.807, 2.05) is 37.3 Å². The Labute approximate surface area is 174 Å². The number of benzene rings is 2. The van der Waals surface area contributed by atoms with E-state index >= 15 is 0 Å². The van der Waals surface area contributed by atoms with E-state index in [0.29, 0.717) is 16.7 Å². The Morgan fingerprint density at radius 1 is 1.07 bits per heavy atom. The van der Waals surface area contributed by atoms with Gasteiger partial charge in [-0.2, -0.15) is 0 Å². The van der Waals surface area contributed by atoms with Crippen LogP contribution in [0.2, 0.25) is 0 Å². The van der Waals surface area contributed by atoms with Gasteiger partial charge in [0.1, 0.15) is 5.76 Å². The van der Waals surface area contributed by atoms with Crippen LogP contribution in [0.3, 0.4) is 0 Å². The summed E-state index contributed by atoms with van der Waals surface area (Å²) in [6, 6.07) is 20.7. The highest BCUT2D eigenvalue weighted by Crippen LogP contribution is 2.12. The number of hydrogen-bond acceptors (Lipinski definition) is 4. The second kappa shape index (κ2) is 8.78. The molecule has 0 fully saturated rings. The van der Waals surface area contributed by atoms with Gasteiger partial charge in [0.2, 0.25) is 0 Å². The Morgan fingerprint density at radius 3 is 2.67 bits per heavy atom. The van der Waals surface area contributed by atoms with Crippen LogP contribution in [-0.2, 0) is 13.0 Å². The Balaban J connectivity index is 1.38. The lowest BCUT2D eigenvalue weighted by atomic mass is 10.1. The smallest absolute Gasteiger partial charge is 0.287 e. The number of amides is 1. The molecule has 1 atom stereocenters. The van der Waals surface area contributed by atoms with E-state index in [0.717, 1.165) is 12.8 Å². The van der Waals surface area contributed by atoms with E-state index < -0.39 is 0 Å². The molecule has 2 aromatic heterocycles. The lowest BCUT2D eigenvalue weighted by Gasteiger charge is -2.12. The van der Waals surface area contributed by atoms with Crippen molar-refractivity contribution < 1.29 is 9.21 Å². The topological polar surface area (TPSA) is 77.1 Å². The summed E-state index contributed by atoms with van der Waals surface area (Å²) in [5.41, 5.74) is 1.76. The molecular weight excluding hydrogens is 378 g/mol. The van der Waals surface area contributed by atoms with Crippen molar-refractivity contribution in [3.8, 4) is 0 Å². The molecule has 0 unspecified atom stereocenters. The Morgan fingerprint density at radius 2 is 1.83 bits per heavy atom. The number of nitrogens with zero attached hydrogens (tertiary/aromatic N) is 2. The summed E-state index contributed by atoms with van der Waals surface area (Å²) in [6.45, 7) is 2.19. The van der Waals surface area contributed by atoms with Crippen LogP contribution in [0.1, 0.15) is 35.2 Å². The largest absolute Gasteiger partial charge is 0.454 e. The highest BCUT2D eigenvalue weighted by Gasteiger charge is 2.15. The minimum atomic E-state index is -0.259. The molecule has 2 heterocycles. The number of aryl methyl sites for hydroxylation is 1. The molecule has 1 amide bonds. The van der Waals surface area contributed by atoms with Crippen LogP contribution in [0.15, 0.2) is 82.3 Å². The molecule has 0 bridgehead atoms. The molecule has 1 N–H and O–H groups in total. The van der Waals surface area contributed by atoms with Gasteiger partial charge in [0, 0.05) is 6.04 Å². The molecule has 2 aromatic carbocycles. The summed E-state index contributed by atoms with van der Waals surface area (Å²) in [6.07, 6.45) is 3.23. The van der Waals surface area contributed by atoms with Crippen LogP contribution in [0, 0.1) is 0 Å². The van der Waals surface area contributed by atoms with E-state index in [2.05, 4.69) is 22.4 Å². The molecule has 4 aromatic rings. The summed E-state index contributed by atoms with van der Waals surface area (Å²) in [5, 5.41) is 3.52. The van der Waals surface area contributed by atoms with Crippen molar-refractivity contribution in [2.75, 3.05) is 0 Å². The number of rotatable bonds is 7. The van der Waals surface area contributed by atoms with E-state index in [1.165, 1.54) is 16.5 Å². The van der Waals surface area contributed by atoms with Crippen molar-refractivity contribution in [3.05, 3.63) is 100 Å². The SMILES string of the molecule is C[C@@H](CCc1ccccc1)NC(=O)c1ccc(Cn2cnc3ccccc3c2=O)o1. The van der Waals surface area contributed by atoms with Gasteiger partial charge in [-0.1, -0.05) is 42.5 Å². The standard InChI is InChI=1S/C24H23N3O3/c1-17(11-12-18-7-3-2-4-8-18)26-23(28)22-14-13-19(30-22)15-27-16-25-21-10-6-5-9-20(21)24(27)29/h2-10,13-14,16-17H,11-12,15H2,1H3,(H,26,28)/t17-/m0/s1. The van der Waals surface area contributed by atoms with Crippen LogP contribution < -0.4 is 10.9 Å². The van der Waals surface area contributed by atoms with Gasteiger partial charge in [-0.15, -0.1) is 0 Å². The number of para-hydroxylation sites is 1. The van der Waals surface area contributed by atoms with Gasteiger partial charge < -0.3 is 9.73 Å². The maximum absolute atomic E-state index is 12.6. The predicted molar refractivity (Wildman–Crippen MR) is 116 cm³/mol. The summed E-state index contributed by atoms with van der Waals surface area (Å²) < 4.78 is 7.16. The maximum Gasteiger partial charge on any atom is 0.287 e. The first-order valence-electron chi connectivity index (χ1n) is 9.98. The normalized spacial score (nSPS) is 12.0. The molecule has 6 nitrogen and oxygen atoms in total. The van der Waals surface area contributed by atoms with Crippen molar-refractivity contribution in [2.45, 2.75) is 32.4 Å². The number of aromatic nitrogens is 2. The predicted octanol–water partition coefficient (Wildman–Crippen LogP) is 3.79. The molecule has 0 aliphatic rings. The van der Waals surface area contributed by atoms with Gasteiger partial charge in [-0.3, -0.25) is 14.2 Å². The van der Waals surface area contributed by atoms with Crippen LogP contribution >= 0.6 is 0 Å². The number of hydrogen-bond donors (Lipinski definition) is 1. The Kier molecular flexibility index (Phi) is 5.75. The molecule has 30 heavy (non-hydrogen) atoms. The van der Waals surface area contributed by atoms with E-state index in [9.17, 15) is 9.59 Å². The van der Waals surface area contributed by atoms with E-state index in [-0.39, 0.29) is 29.8 Å². The molecule has 0 spiro atoms. The highest BCUT2D eigenvalue weighted by atomic mass is 16.4. The maximum atomic E-state index is 12.6. The molecule has 4 rings (SSSR count). The van der Waals surface area contributed by atoms with Gasteiger partial charge in [-0.05, 0) is 49.6 Å². The number of carbonyl (C=O) groups is 1. The molecule has 0 radical (unpaired) electrons. The summed E-state index contributed by atoms with van der Waals surface area (Å²) in [7, 11) is 0. The van der Waals surface area contributed by atoms with E-state index in [4.69, 9.17) is 4.42 Å². The third kappa shape index (κ3) is 4.49. The van der Waals surface area contributed by atoms with Crippen molar-refractivity contribution >= 4 is 16.8 Å². The zero-order valence-electron chi connectivity index (χ0n) is 16.7. The quantitative estimate of drug-likeness (QED) is 0.511. The Bertz CT molecular complexity index is 1210. The second-order valence-corrected chi connectivity index (χ2v) is 7.36. The third-order valence-corrected chi connectivity index (χ3v) is 5.03. The molecule has 0 aliphatic heterocycles. The third-order valence-electron chi connectivity index (χ3n) is 5.03. The fourth-order valence-electron chi connectivity index (χ4n) is 3.37. The first kappa shape index (κ1) is 19.6. The second-order valence-electron chi connectivity index (χ2n) is 7.36. The highest BCUT2D eigenvalue weighted by molar-refractivity contribution is 5.91. The minimum Gasteiger partial charge on any atom is -0.454 e. The van der Waals surface area contributed by atoms with Crippen molar-refractivity contribution in [1.82, 2.24) is 14.9 Å². The van der Waals surface area contributed by atoms with Gasteiger partial charge in [0.15, 0.2) is 5.76 Å². The average Bonchev–Trinajstić information content (AvgIpc) is 3.24. The van der Waals surface area contributed by atoms with Crippen LogP contribution in [-0.4, -0.2) is 21.5 Å². The summed E-state index contributed by atoms with van der Waals surface area (Å²) >= 11 is 0. The molecule has 0 aliphatic carbocycles. The average molecular weight is 401 g/mol. The first-order valence-corrected chi connectivity index (χ1v) is 9.98. The zero-order valence-corrected chi connectivity index (χ0v) is 16.7. The summed E-state index contributed by atoms with van der Waals surface area (Å²) in [5.74, 6) is 0.500. The summed E-state index contributed by atoms with van der Waals surface area (Å²) in [4.78, 5) is 29.4. The lowest BCUT2D eigenvalue weighted by Crippen LogP contribution is -2.32. The first-order chi connectivity index (χ1) is 14.6.